The van der Waals surface area contributed by atoms with Crippen LogP contribution in [0.4, 0.5) is 0 Å². The molecule has 0 radical (unpaired) electrons. The summed E-state index contributed by atoms with van der Waals surface area (Å²) in [4.78, 5) is 0.905. The van der Waals surface area contributed by atoms with Gasteiger partial charge in [-0.05, 0) is 30.0 Å². The molecule has 0 aliphatic carbocycles. The summed E-state index contributed by atoms with van der Waals surface area (Å²) in [5.74, 6) is 0. The smallest absolute Gasteiger partial charge is 0.0952 e. The Balaban J connectivity index is 2.82. The lowest BCUT2D eigenvalue weighted by Crippen LogP contribution is -1.75. The third-order valence-electron chi connectivity index (χ3n) is 1.75. The van der Waals surface area contributed by atoms with Crippen LogP contribution in [-0.4, -0.2) is 0 Å². The first-order valence-corrected chi connectivity index (χ1v) is 6.01. The van der Waals surface area contributed by atoms with Crippen LogP contribution in [0.2, 0.25) is 10.0 Å². The summed E-state index contributed by atoms with van der Waals surface area (Å²) in [5, 5.41) is 11.8. The molecule has 15 heavy (non-hydrogen) atoms. The van der Waals surface area contributed by atoms with Gasteiger partial charge in [0.2, 0.25) is 0 Å². The molecule has 0 aliphatic rings. The molecule has 0 aromatic heterocycles. The number of hydrogen-bond acceptors (Lipinski definition) is 2. The van der Waals surface area contributed by atoms with Crippen LogP contribution in [0.5, 0.6) is 0 Å². The monoisotopic (exact) mass is 257 g/mol. The lowest BCUT2D eigenvalue weighted by molar-refractivity contribution is 1.16. The molecule has 0 amide bonds. The first-order chi connectivity index (χ1) is 7.17. The van der Waals surface area contributed by atoms with Gasteiger partial charge < -0.3 is 0 Å². The van der Waals surface area contributed by atoms with Gasteiger partial charge in [-0.15, -0.1) is 0 Å². The zero-order chi connectivity index (χ0) is 11.3. The molecule has 0 saturated heterocycles. The highest BCUT2D eigenvalue weighted by Gasteiger charge is 2.00. The fourth-order valence-electron chi connectivity index (χ4n) is 0.894. The number of rotatable bonds is 3. The van der Waals surface area contributed by atoms with Crippen molar-refractivity contribution in [2.45, 2.75) is 18.2 Å². The van der Waals surface area contributed by atoms with Crippen molar-refractivity contribution in [3.63, 3.8) is 0 Å². The summed E-state index contributed by atoms with van der Waals surface area (Å²) >= 11 is 13.2. The van der Waals surface area contributed by atoms with Crippen LogP contribution in [0, 0.1) is 11.3 Å². The number of hydrogen-bond donors (Lipinski definition) is 0. The highest BCUT2D eigenvalue weighted by molar-refractivity contribution is 8.02. The number of halogens is 2. The second kappa shape index (κ2) is 6.07. The average molecular weight is 258 g/mol. The van der Waals surface area contributed by atoms with Crippen molar-refractivity contribution in [2.24, 2.45) is 0 Å². The van der Waals surface area contributed by atoms with Gasteiger partial charge in [0.05, 0.1) is 11.1 Å². The number of nitrogens with zero attached hydrogens (tertiary/aromatic N) is 1. The second-order valence-electron chi connectivity index (χ2n) is 2.80. The van der Waals surface area contributed by atoms with E-state index in [1.807, 2.05) is 18.4 Å². The van der Waals surface area contributed by atoms with Crippen LogP contribution in [-0.2, 0) is 0 Å². The van der Waals surface area contributed by atoms with E-state index in [4.69, 9.17) is 28.5 Å². The zero-order valence-corrected chi connectivity index (χ0v) is 10.5. The van der Waals surface area contributed by atoms with Crippen molar-refractivity contribution in [2.75, 3.05) is 0 Å². The topological polar surface area (TPSA) is 23.8 Å². The fraction of sp³-hybridized carbons (Fsp3) is 0.182. The Labute approximate surface area is 104 Å². The summed E-state index contributed by atoms with van der Waals surface area (Å²) in [5.41, 5.74) is 0.742. The normalized spacial score (nSPS) is 11.2. The molecule has 1 rings (SSSR count). The van der Waals surface area contributed by atoms with Crippen molar-refractivity contribution in [3.8, 4) is 6.07 Å². The van der Waals surface area contributed by atoms with Crippen LogP contribution >= 0.6 is 35.0 Å². The molecule has 0 fully saturated rings. The van der Waals surface area contributed by atoms with Gasteiger partial charge in [-0.1, -0.05) is 41.9 Å². The summed E-state index contributed by atoms with van der Waals surface area (Å²) in [6.07, 6.45) is 0.731. The summed E-state index contributed by atoms with van der Waals surface area (Å²) in [6, 6.07) is 7.44. The molecule has 0 aliphatic heterocycles. The van der Waals surface area contributed by atoms with E-state index in [-0.39, 0.29) is 0 Å². The molecule has 0 unspecified atom stereocenters. The second-order valence-corrected chi connectivity index (χ2v) is 4.56. The van der Waals surface area contributed by atoms with Crippen LogP contribution in [0.1, 0.15) is 13.3 Å². The van der Waals surface area contributed by atoms with Gasteiger partial charge in [-0.2, -0.15) is 5.26 Å². The highest BCUT2D eigenvalue weighted by atomic mass is 35.5. The average Bonchev–Trinajstić information content (AvgIpc) is 2.22. The lowest BCUT2D eigenvalue weighted by atomic mass is 10.3. The molecule has 78 valence electrons. The van der Waals surface area contributed by atoms with Gasteiger partial charge >= 0.3 is 0 Å². The van der Waals surface area contributed by atoms with Crippen molar-refractivity contribution >= 4 is 35.0 Å². The van der Waals surface area contributed by atoms with E-state index in [1.165, 1.54) is 11.8 Å². The predicted octanol–water partition coefficient (Wildman–Crippen LogP) is 4.90. The minimum absolute atomic E-state index is 0.608. The largest absolute Gasteiger partial charge is 0.193 e. The Morgan fingerprint density at radius 3 is 2.80 bits per heavy atom. The first kappa shape index (κ1) is 12.4. The van der Waals surface area contributed by atoms with Gasteiger partial charge in [-0.3, -0.25) is 0 Å². The molecular formula is C11H9Cl2NS. The van der Waals surface area contributed by atoms with Gasteiger partial charge in [-0.25, -0.2) is 0 Å². The van der Waals surface area contributed by atoms with E-state index in [1.54, 1.807) is 12.1 Å². The fourth-order valence-corrected chi connectivity index (χ4v) is 2.24. The van der Waals surface area contributed by atoms with Crippen LogP contribution < -0.4 is 0 Å². The Morgan fingerprint density at radius 1 is 1.53 bits per heavy atom. The predicted molar refractivity (Wildman–Crippen MR) is 66.3 cm³/mol. The molecule has 1 nitrogen and oxygen atoms in total. The molecule has 0 spiro atoms. The van der Waals surface area contributed by atoms with Gasteiger partial charge in [0.1, 0.15) is 0 Å². The van der Waals surface area contributed by atoms with Gasteiger partial charge in [0.15, 0.2) is 0 Å². The minimum Gasteiger partial charge on any atom is -0.193 e. The van der Waals surface area contributed by atoms with Crippen LogP contribution in [0.25, 0.3) is 0 Å². The van der Waals surface area contributed by atoms with Crippen molar-refractivity contribution < 1.29 is 0 Å². The van der Waals surface area contributed by atoms with E-state index >= 15 is 0 Å². The molecule has 0 heterocycles. The maximum absolute atomic E-state index is 8.73. The Kier molecular flexibility index (Phi) is 5.04. The van der Waals surface area contributed by atoms with E-state index in [2.05, 4.69) is 6.07 Å². The van der Waals surface area contributed by atoms with Crippen molar-refractivity contribution in [3.05, 3.63) is 39.2 Å². The number of nitriles is 1. The highest BCUT2D eigenvalue weighted by Crippen LogP contribution is 2.31. The van der Waals surface area contributed by atoms with Crippen molar-refractivity contribution in [1.29, 1.82) is 5.26 Å². The molecule has 0 N–H and O–H groups in total. The van der Waals surface area contributed by atoms with Gasteiger partial charge in [0.25, 0.3) is 0 Å². The quantitative estimate of drug-likeness (QED) is 0.568. The van der Waals surface area contributed by atoms with E-state index in [0.717, 1.165) is 16.9 Å². The Morgan fingerprint density at radius 2 is 2.27 bits per heavy atom. The van der Waals surface area contributed by atoms with E-state index in [9.17, 15) is 0 Å². The zero-order valence-electron chi connectivity index (χ0n) is 8.13. The molecule has 4 heteroatoms. The number of thioether (sulfide) groups is 1. The van der Waals surface area contributed by atoms with Crippen LogP contribution in [0.15, 0.2) is 34.1 Å². The summed E-state index contributed by atoms with van der Waals surface area (Å²) < 4.78 is 0. The Bertz CT molecular complexity index is 421. The molecule has 0 bridgehead atoms. The van der Waals surface area contributed by atoms with E-state index < -0.39 is 0 Å². The molecule has 0 saturated carbocycles. The molecular weight excluding hydrogens is 249 g/mol. The van der Waals surface area contributed by atoms with Gasteiger partial charge in [0, 0.05) is 15.5 Å². The standard InChI is InChI=1S/C11H9Cl2NS/c1-2-8(6-14)7-15-11-4-3-9(12)5-10(11)13/h3-5,7H,2H2,1H3. The van der Waals surface area contributed by atoms with Crippen LogP contribution in [0.3, 0.4) is 0 Å². The lowest BCUT2D eigenvalue weighted by Gasteiger charge is -2.00. The molecule has 0 atom stereocenters. The third kappa shape index (κ3) is 3.79. The number of benzene rings is 1. The number of allylic oxidation sites excluding steroid dienone is 1. The first-order valence-electron chi connectivity index (χ1n) is 4.38. The molecule has 1 aromatic carbocycles. The summed E-state index contributed by atoms with van der Waals surface area (Å²) in [6.45, 7) is 1.94. The SMILES string of the molecule is CCC(C#N)=CSc1ccc(Cl)cc1Cl. The van der Waals surface area contributed by atoms with E-state index in [0.29, 0.717) is 10.0 Å². The maximum Gasteiger partial charge on any atom is 0.0952 e. The Hall–Kier alpha value is -0.620. The summed E-state index contributed by atoms with van der Waals surface area (Å²) in [7, 11) is 0. The third-order valence-corrected chi connectivity index (χ3v) is 3.42. The molecule has 1 aromatic rings. The van der Waals surface area contributed by atoms with Crippen molar-refractivity contribution in [1.82, 2.24) is 0 Å². The minimum atomic E-state index is 0.608. The maximum atomic E-state index is 8.73.